The van der Waals surface area contributed by atoms with Crippen LogP contribution >= 0.6 is 0 Å². The molecule has 0 aromatic heterocycles. The summed E-state index contributed by atoms with van der Waals surface area (Å²) in [6, 6.07) is 21.0. The summed E-state index contributed by atoms with van der Waals surface area (Å²) < 4.78 is 0. The second-order valence-electron chi connectivity index (χ2n) is 9.78. The number of carbonyl (C=O) groups is 1. The summed E-state index contributed by atoms with van der Waals surface area (Å²) in [5.74, 6) is 3.11. The molecule has 1 amide bonds. The Balaban J connectivity index is 1.25. The third kappa shape index (κ3) is 2.78. The summed E-state index contributed by atoms with van der Waals surface area (Å²) in [5.41, 5.74) is 6.57. The standard InChI is InChI=1S/C26H28N2O/c29-25(28-27-24-19-12-17-11-18(14-19)15-20(24)13-17)23-16-26(23,21-7-3-1-4-8-21)22-9-5-2-6-10-22/h1-10,17-20,23H,11-16H2,(H,28,29)/t17?,18?,19?,20?,23-/m0/s1. The van der Waals surface area contributed by atoms with Crippen LogP contribution in [0.25, 0.3) is 0 Å². The van der Waals surface area contributed by atoms with Gasteiger partial charge in [-0.3, -0.25) is 4.79 Å². The quantitative estimate of drug-likeness (QED) is 0.747. The summed E-state index contributed by atoms with van der Waals surface area (Å²) >= 11 is 0. The van der Waals surface area contributed by atoms with E-state index in [4.69, 9.17) is 5.10 Å². The van der Waals surface area contributed by atoms with Gasteiger partial charge in [-0.25, -0.2) is 5.43 Å². The number of hydrogen-bond donors (Lipinski definition) is 1. The first kappa shape index (κ1) is 17.4. The molecule has 0 spiro atoms. The first-order chi connectivity index (χ1) is 14.2. The van der Waals surface area contributed by atoms with Gasteiger partial charge in [0.1, 0.15) is 0 Å². The van der Waals surface area contributed by atoms with E-state index in [-0.39, 0.29) is 17.2 Å². The molecule has 0 aliphatic heterocycles. The lowest BCUT2D eigenvalue weighted by molar-refractivity contribution is -0.122. The topological polar surface area (TPSA) is 41.5 Å². The highest BCUT2D eigenvalue weighted by molar-refractivity contribution is 5.93. The average Bonchev–Trinajstić information content (AvgIpc) is 3.51. The first-order valence-electron chi connectivity index (χ1n) is 11.2. The van der Waals surface area contributed by atoms with Crippen LogP contribution in [0.4, 0.5) is 0 Å². The third-order valence-corrected chi connectivity index (χ3v) is 8.12. The second-order valence-corrected chi connectivity index (χ2v) is 9.78. The van der Waals surface area contributed by atoms with E-state index in [0.29, 0.717) is 11.8 Å². The molecule has 3 nitrogen and oxygen atoms in total. The molecule has 7 rings (SSSR count). The van der Waals surface area contributed by atoms with Crippen molar-refractivity contribution >= 4 is 11.6 Å². The van der Waals surface area contributed by atoms with Crippen LogP contribution in [0.2, 0.25) is 0 Å². The Morgan fingerprint density at radius 3 is 1.83 bits per heavy atom. The Morgan fingerprint density at radius 2 is 1.31 bits per heavy atom. The Morgan fingerprint density at radius 1 is 0.793 bits per heavy atom. The molecule has 148 valence electrons. The van der Waals surface area contributed by atoms with Crippen molar-refractivity contribution in [3.8, 4) is 0 Å². The number of nitrogens with one attached hydrogen (secondary N) is 1. The monoisotopic (exact) mass is 384 g/mol. The van der Waals surface area contributed by atoms with Gasteiger partial charge in [-0.1, -0.05) is 60.7 Å². The van der Waals surface area contributed by atoms with Crippen LogP contribution in [0, 0.1) is 29.6 Å². The van der Waals surface area contributed by atoms with E-state index in [1.165, 1.54) is 48.9 Å². The maximum absolute atomic E-state index is 13.2. The van der Waals surface area contributed by atoms with Gasteiger partial charge < -0.3 is 0 Å². The van der Waals surface area contributed by atoms with E-state index in [2.05, 4.69) is 54.0 Å². The zero-order chi connectivity index (χ0) is 19.4. The Labute approximate surface area is 172 Å². The average molecular weight is 385 g/mol. The zero-order valence-corrected chi connectivity index (χ0v) is 16.8. The van der Waals surface area contributed by atoms with Crippen LogP contribution in [0.15, 0.2) is 65.8 Å². The van der Waals surface area contributed by atoms with Crippen LogP contribution in [-0.4, -0.2) is 11.6 Å². The number of hydrogen-bond acceptors (Lipinski definition) is 2. The van der Waals surface area contributed by atoms with E-state index in [1.54, 1.807) is 0 Å². The van der Waals surface area contributed by atoms with Gasteiger partial charge in [0.05, 0.1) is 5.92 Å². The molecule has 0 heterocycles. The molecular weight excluding hydrogens is 356 g/mol. The highest BCUT2D eigenvalue weighted by Crippen LogP contribution is 2.59. The summed E-state index contributed by atoms with van der Waals surface area (Å²) in [7, 11) is 0. The number of rotatable bonds is 4. The second kappa shape index (κ2) is 6.55. The van der Waals surface area contributed by atoms with Crippen LogP contribution in [-0.2, 0) is 10.2 Å². The molecule has 5 saturated carbocycles. The molecule has 2 aromatic rings. The molecule has 2 aromatic carbocycles. The van der Waals surface area contributed by atoms with Crippen LogP contribution in [0.3, 0.4) is 0 Å². The number of carbonyl (C=O) groups excluding carboxylic acids is 1. The Bertz CT molecular complexity index is 880. The minimum absolute atomic E-state index is 0.0477. The van der Waals surface area contributed by atoms with Crippen LogP contribution in [0.1, 0.15) is 49.7 Å². The van der Waals surface area contributed by atoms with Gasteiger partial charge in [0.25, 0.3) is 0 Å². The molecule has 3 heteroatoms. The number of nitrogens with zero attached hydrogens (tertiary/aromatic N) is 1. The molecule has 1 N–H and O–H groups in total. The van der Waals surface area contributed by atoms with Gasteiger partial charge in [0, 0.05) is 11.1 Å². The molecule has 5 aliphatic rings. The van der Waals surface area contributed by atoms with Gasteiger partial charge in [-0.05, 0) is 73.3 Å². The number of hydrazone groups is 1. The largest absolute Gasteiger partial charge is 0.273 e. The van der Waals surface area contributed by atoms with Gasteiger partial charge in [0.2, 0.25) is 5.91 Å². The van der Waals surface area contributed by atoms with Crippen molar-refractivity contribution in [3.05, 3.63) is 71.8 Å². The lowest BCUT2D eigenvalue weighted by atomic mass is 9.55. The van der Waals surface area contributed by atoms with Crippen molar-refractivity contribution in [1.29, 1.82) is 0 Å². The molecule has 0 unspecified atom stereocenters. The van der Waals surface area contributed by atoms with Crippen molar-refractivity contribution in [2.75, 3.05) is 0 Å². The molecule has 0 saturated heterocycles. The zero-order valence-electron chi connectivity index (χ0n) is 16.8. The van der Waals surface area contributed by atoms with E-state index in [9.17, 15) is 4.79 Å². The van der Waals surface area contributed by atoms with E-state index < -0.39 is 0 Å². The van der Waals surface area contributed by atoms with Gasteiger partial charge >= 0.3 is 0 Å². The minimum atomic E-state index is -0.211. The molecule has 1 atom stereocenters. The Kier molecular flexibility index (Phi) is 3.94. The lowest BCUT2D eigenvalue weighted by Crippen LogP contribution is -2.46. The predicted molar refractivity (Wildman–Crippen MR) is 114 cm³/mol. The van der Waals surface area contributed by atoms with Crippen LogP contribution < -0.4 is 5.43 Å². The van der Waals surface area contributed by atoms with E-state index in [1.807, 2.05) is 12.1 Å². The first-order valence-corrected chi connectivity index (χ1v) is 11.2. The summed E-state index contributed by atoms with van der Waals surface area (Å²) in [6.45, 7) is 0. The highest BCUT2D eigenvalue weighted by Gasteiger charge is 2.60. The summed E-state index contributed by atoms with van der Waals surface area (Å²) in [4.78, 5) is 13.2. The summed E-state index contributed by atoms with van der Waals surface area (Å²) in [5, 5.41) is 4.75. The molecular formula is C26H28N2O. The van der Waals surface area contributed by atoms with Gasteiger partial charge in [-0.2, -0.15) is 5.10 Å². The van der Waals surface area contributed by atoms with Crippen molar-refractivity contribution in [2.45, 2.75) is 43.9 Å². The van der Waals surface area contributed by atoms with Crippen LogP contribution in [0.5, 0.6) is 0 Å². The van der Waals surface area contributed by atoms with Crippen molar-refractivity contribution in [3.63, 3.8) is 0 Å². The number of amides is 1. The fourth-order valence-electron chi connectivity index (χ4n) is 6.90. The van der Waals surface area contributed by atoms with E-state index in [0.717, 1.165) is 18.3 Å². The minimum Gasteiger partial charge on any atom is -0.273 e. The summed E-state index contributed by atoms with van der Waals surface area (Å²) in [6.07, 6.45) is 7.47. The van der Waals surface area contributed by atoms with Crippen molar-refractivity contribution in [1.82, 2.24) is 5.43 Å². The van der Waals surface area contributed by atoms with Crippen molar-refractivity contribution < 1.29 is 4.79 Å². The normalized spacial score (nSPS) is 33.4. The highest BCUT2D eigenvalue weighted by atomic mass is 16.2. The molecule has 29 heavy (non-hydrogen) atoms. The number of benzene rings is 2. The van der Waals surface area contributed by atoms with Gasteiger partial charge in [-0.15, -0.1) is 0 Å². The fraction of sp³-hybridized carbons (Fsp3) is 0.462. The maximum Gasteiger partial charge on any atom is 0.244 e. The third-order valence-electron chi connectivity index (χ3n) is 8.12. The Hall–Kier alpha value is -2.42. The smallest absolute Gasteiger partial charge is 0.244 e. The fourth-order valence-corrected chi connectivity index (χ4v) is 6.90. The maximum atomic E-state index is 13.2. The van der Waals surface area contributed by atoms with Crippen molar-refractivity contribution in [2.24, 2.45) is 34.7 Å². The van der Waals surface area contributed by atoms with E-state index >= 15 is 0 Å². The molecule has 0 radical (unpaired) electrons. The lowest BCUT2D eigenvalue weighted by Gasteiger charge is -2.50. The SMILES string of the molecule is O=C(NN=C1C2CC3CC(C2)CC1C3)[C@@H]1CC1(c1ccccc1)c1ccccc1. The molecule has 5 fully saturated rings. The molecule has 4 bridgehead atoms. The van der Waals surface area contributed by atoms with Gasteiger partial charge in [0.15, 0.2) is 0 Å². The predicted octanol–water partition coefficient (Wildman–Crippen LogP) is 4.92. The molecule has 5 aliphatic carbocycles.